The van der Waals surface area contributed by atoms with Gasteiger partial charge < -0.3 is 21.7 Å². The lowest BCUT2D eigenvalue weighted by Gasteiger charge is -2.32. The number of rotatable bonds is 3. The zero-order valence-electron chi connectivity index (χ0n) is 23.2. The summed E-state index contributed by atoms with van der Waals surface area (Å²) in [6.45, 7) is 12.7. The number of nitrogens with zero attached hydrogens (tertiary/aromatic N) is 1. The molecule has 0 aliphatic carbocycles. The number of hydrogen-bond acceptors (Lipinski definition) is 2. The molecule has 3 nitrogen and oxygen atoms in total. The highest BCUT2D eigenvalue weighted by Gasteiger charge is 2.39. The minimum atomic E-state index is -1.53. The Bertz CT molecular complexity index is 1270. The van der Waals surface area contributed by atoms with Crippen molar-refractivity contribution in [3.63, 3.8) is 0 Å². The summed E-state index contributed by atoms with van der Waals surface area (Å²) in [5.41, 5.74) is 2.53. The van der Waals surface area contributed by atoms with Crippen LogP contribution in [0.4, 0.5) is 10.5 Å². The molecule has 0 N–H and O–H groups in total. The smallest absolute Gasteiger partial charge is 0.414 e. The van der Waals surface area contributed by atoms with Gasteiger partial charge in [0.25, 0.3) is 0 Å². The minimum absolute atomic E-state index is 0. The molecule has 0 saturated heterocycles. The van der Waals surface area contributed by atoms with Crippen LogP contribution in [0.5, 0.6) is 0 Å². The molecule has 39 heavy (non-hydrogen) atoms. The van der Waals surface area contributed by atoms with Gasteiger partial charge in [0.1, 0.15) is 28.8 Å². The van der Waals surface area contributed by atoms with Crippen LogP contribution in [-0.4, -0.2) is 24.9 Å². The predicted octanol–water partition coefficient (Wildman–Crippen LogP) is 4.46. The molecule has 1 amide bonds. The zero-order chi connectivity index (χ0) is 27.2. The number of anilines is 1. The number of hydrogen-bond donors (Lipinski definition) is 0. The first-order chi connectivity index (χ1) is 18.2. The van der Waals surface area contributed by atoms with Crippen molar-refractivity contribution in [3.05, 3.63) is 127 Å². The van der Waals surface area contributed by atoms with Gasteiger partial charge in [-0.3, -0.25) is 4.90 Å². The van der Waals surface area contributed by atoms with Gasteiger partial charge in [-0.15, -0.1) is 0 Å². The minimum Gasteiger partial charge on any atom is -1.00 e. The van der Waals surface area contributed by atoms with Gasteiger partial charge >= 0.3 is 6.09 Å². The summed E-state index contributed by atoms with van der Waals surface area (Å²) in [6, 6.07) is 40.5. The second kappa shape index (κ2) is 13.2. The van der Waals surface area contributed by atoms with Crippen molar-refractivity contribution in [2.75, 3.05) is 18.1 Å². The van der Waals surface area contributed by atoms with Crippen molar-refractivity contribution in [1.82, 2.24) is 0 Å². The topological polar surface area (TPSA) is 29.5 Å². The molecule has 0 unspecified atom stereocenters. The van der Waals surface area contributed by atoms with Gasteiger partial charge in [-0.1, -0.05) is 79.4 Å². The molecule has 4 aromatic carbocycles. The van der Waals surface area contributed by atoms with E-state index in [1.165, 1.54) is 15.9 Å². The molecule has 0 spiro atoms. The van der Waals surface area contributed by atoms with Gasteiger partial charge in [-0.2, -0.15) is 0 Å². The normalized spacial score (nSPS) is 12.8. The summed E-state index contributed by atoms with van der Waals surface area (Å²) in [7, 11) is -1.53. The molecule has 1 aliphatic rings. The van der Waals surface area contributed by atoms with Gasteiger partial charge in [-0.05, 0) is 75.2 Å². The van der Waals surface area contributed by atoms with E-state index in [4.69, 9.17) is 4.74 Å². The van der Waals surface area contributed by atoms with Gasteiger partial charge in [0.05, 0.1) is 12.4 Å². The summed E-state index contributed by atoms with van der Waals surface area (Å²) in [5.74, 6) is 0. The van der Waals surface area contributed by atoms with E-state index in [1.54, 1.807) is 4.90 Å². The molecule has 1 heterocycles. The Morgan fingerprint density at radius 3 is 1.59 bits per heavy atom. The van der Waals surface area contributed by atoms with Gasteiger partial charge in [0.15, 0.2) is 0 Å². The monoisotopic (exact) mass is 601 g/mol. The van der Waals surface area contributed by atoms with Crippen molar-refractivity contribution < 1.29 is 26.5 Å². The molecule has 0 fully saturated rings. The van der Waals surface area contributed by atoms with Crippen LogP contribution >= 0.6 is 7.26 Å². The van der Waals surface area contributed by atoms with E-state index in [0.29, 0.717) is 6.54 Å². The van der Waals surface area contributed by atoms with Crippen LogP contribution in [0.25, 0.3) is 5.57 Å². The number of benzene rings is 4. The summed E-state index contributed by atoms with van der Waals surface area (Å²) < 4.78 is 5.43. The van der Waals surface area contributed by atoms with Crippen LogP contribution in [-0.2, 0) is 4.74 Å². The van der Waals surface area contributed by atoms with Crippen LogP contribution < -0.4 is 37.8 Å². The van der Waals surface area contributed by atoms with E-state index in [2.05, 4.69) is 104 Å². The Labute approximate surface area is 244 Å². The predicted molar refractivity (Wildman–Crippen MR) is 165 cm³/mol. The first kappa shape index (κ1) is 30.3. The van der Waals surface area contributed by atoms with E-state index in [0.717, 1.165) is 23.2 Å². The summed E-state index contributed by atoms with van der Waals surface area (Å²) >= 11 is 0. The van der Waals surface area contributed by atoms with Crippen LogP contribution in [0.15, 0.2) is 122 Å². The highest BCUT2D eigenvalue weighted by Crippen LogP contribution is 2.51. The zero-order valence-corrected chi connectivity index (χ0v) is 25.7. The van der Waals surface area contributed by atoms with E-state index < -0.39 is 12.9 Å². The summed E-state index contributed by atoms with van der Waals surface area (Å²) in [5, 5.41) is 4.28. The average molecular weight is 603 g/mol. The molecular formula is C34H37BrNO2P. The van der Waals surface area contributed by atoms with Crippen molar-refractivity contribution in [2.24, 2.45) is 0 Å². The first-order valence-electron chi connectivity index (χ1n) is 13.0. The molecule has 5 heteroatoms. The molecule has 5 rings (SSSR count). The van der Waals surface area contributed by atoms with Crippen LogP contribution in [0.3, 0.4) is 0 Å². The lowest BCUT2D eigenvalue weighted by Crippen LogP contribution is -3.00. The number of carbonyl (C=O) groups is 1. The lowest BCUT2D eigenvalue weighted by atomic mass is 9.98. The van der Waals surface area contributed by atoms with Gasteiger partial charge in [0.2, 0.25) is 0 Å². The van der Waals surface area contributed by atoms with E-state index in [-0.39, 0.29) is 23.1 Å². The van der Waals surface area contributed by atoms with E-state index >= 15 is 0 Å². The Balaban J connectivity index is 0.000000211. The highest BCUT2D eigenvalue weighted by molar-refractivity contribution is 7.95. The second-order valence-electron chi connectivity index (χ2n) is 10.5. The number of halogens is 1. The fourth-order valence-electron chi connectivity index (χ4n) is 4.64. The van der Waals surface area contributed by atoms with E-state index in [9.17, 15) is 4.79 Å². The van der Waals surface area contributed by atoms with Crippen molar-refractivity contribution in [2.45, 2.75) is 32.8 Å². The molecule has 0 aromatic heterocycles. The van der Waals surface area contributed by atoms with Crippen molar-refractivity contribution in [1.29, 1.82) is 0 Å². The number of amides is 1. The first-order valence-corrected chi connectivity index (χ1v) is 15.2. The third-order valence-electron chi connectivity index (χ3n) is 6.64. The Morgan fingerprint density at radius 1 is 0.744 bits per heavy atom. The molecule has 0 atom stereocenters. The van der Waals surface area contributed by atoms with Gasteiger partial charge in [-0.25, -0.2) is 4.79 Å². The van der Waals surface area contributed by atoms with E-state index in [1.807, 2.05) is 45.0 Å². The van der Waals surface area contributed by atoms with Crippen molar-refractivity contribution in [3.8, 4) is 0 Å². The Kier molecular flexibility index (Phi) is 10.3. The fraction of sp³-hybridized carbons (Fsp3) is 0.206. The molecular weight excluding hydrogens is 565 g/mol. The summed E-state index contributed by atoms with van der Waals surface area (Å²) in [4.78, 5) is 13.8. The Morgan fingerprint density at radius 2 is 1.15 bits per heavy atom. The van der Waals surface area contributed by atoms with Crippen LogP contribution in [0.1, 0.15) is 32.8 Å². The SMILES string of the molecule is C=C1CCN(C(=O)OC(C)(C)C)c2ccccc21.C[P+](c1ccccc1)(c1ccccc1)c1ccccc1.[Br-]. The van der Waals surface area contributed by atoms with Crippen molar-refractivity contribution >= 4 is 40.5 Å². The largest absolute Gasteiger partial charge is 1.00 e. The molecule has 0 bridgehead atoms. The van der Waals surface area contributed by atoms with Crippen LogP contribution in [0.2, 0.25) is 0 Å². The van der Waals surface area contributed by atoms with Crippen LogP contribution in [0, 0.1) is 0 Å². The number of fused-ring (bicyclic) bond motifs is 1. The Hall–Kier alpha value is -3.20. The third kappa shape index (κ3) is 7.26. The number of ether oxygens (including phenoxy) is 1. The molecule has 4 aromatic rings. The molecule has 0 radical (unpaired) electrons. The highest BCUT2D eigenvalue weighted by atomic mass is 79.9. The maximum absolute atomic E-state index is 12.2. The standard InChI is InChI=1S/C19H18P.C15H19NO2.BrH/c1-20(17-11-5-2-6-12-17,18-13-7-3-8-14-18)19-15-9-4-10-16-19;1-11-9-10-16(14(17)18-15(2,3)4)13-8-6-5-7-12(11)13;/h2-16H,1H3;5-8H,1,9-10H2,2-4H3;1H/q+1;;/p-1. The molecule has 202 valence electrons. The number of carbonyl (C=O) groups excluding carboxylic acids is 1. The maximum Gasteiger partial charge on any atom is 0.414 e. The molecule has 0 saturated carbocycles. The molecule has 1 aliphatic heterocycles. The average Bonchev–Trinajstić information content (AvgIpc) is 2.94. The number of para-hydroxylation sites is 1. The lowest BCUT2D eigenvalue weighted by molar-refractivity contribution is -0.0000266. The van der Waals surface area contributed by atoms with Gasteiger partial charge in [0, 0.05) is 12.1 Å². The quantitative estimate of drug-likeness (QED) is 0.325. The fourth-order valence-corrected chi connectivity index (χ4v) is 7.84. The maximum atomic E-state index is 12.2. The summed E-state index contributed by atoms with van der Waals surface area (Å²) in [6.07, 6.45) is 0.499. The second-order valence-corrected chi connectivity index (χ2v) is 14.1. The third-order valence-corrected chi connectivity index (χ3v) is 10.6.